The van der Waals surface area contributed by atoms with Crippen LogP contribution in [0.25, 0.3) is 0 Å². The zero-order chi connectivity index (χ0) is 13.8. The van der Waals surface area contributed by atoms with E-state index in [-0.39, 0.29) is 17.9 Å². The lowest BCUT2D eigenvalue weighted by Gasteiger charge is -2.12. The number of nitrogens with zero attached hydrogens (tertiary/aromatic N) is 1. The number of amides is 1. The lowest BCUT2D eigenvalue weighted by molar-refractivity contribution is -0.141. The van der Waals surface area contributed by atoms with Gasteiger partial charge in [0.1, 0.15) is 0 Å². The molecule has 0 aliphatic heterocycles. The largest absolute Gasteiger partial charge is 0.481 e. The average molecular weight is 258 g/mol. The molecule has 1 aliphatic carbocycles. The van der Waals surface area contributed by atoms with Crippen LogP contribution in [0.3, 0.4) is 0 Å². The van der Waals surface area contributed by atoms with E-state index >= 15 is 0 Å². The maximum absolute atomic E-state index is 12.0. The van der Waals surface area contributed by atoms with Gasteiger partial charge in [-0.1, -0.05) is 6.07 Å². The molecule has 19 heavy (non-hydrogen) atoms. The van der Waals surface area contributed by atoms with Crippen LogP contribution in [-0.2, 0) is 4.79 Å². The number of hydrogen-bond acceptors (Lipinski definition) is 3. The minimum absolute atomic E-state index is 0.0978. The Kier molecular flexibility index (Phi) is 3.81. The highest BCUT2D eigenvalue weighted by atomic mass is 16.4. The predicted molar refractivity (Wildman–Crippen MR) is 67.4 cm³/mol. The van der Waals surface area contributed by atoms with Crippen molar-refractivity contribution in [3.63, 3.8) is 0 Å². The SMILES string of the molecule is N#Cc1cccc(C(=O)NC2CCC(C(=O)O)C2)c1. The second-order valence-corrected chi connectivity index (χ2v) is 4.71. The van der Waals surface area contributed by atoms with Gasteiger partial charge < -0.3 is 10.4 Å². The first-order valence-electron chi connectivity index (χ1n) is 6.14. The van der Waals surface area contributed by atoms with E-state index in [0.29, 0.717) is 30.4 Å². The Morgan fingerprint density at radius 3 is 2.79 bits per heavy atom. The molecule has 0 saturated heterocycles. The van der Waals surface area contributed by atoms with Gasteiger partial charge in [0.05, 0.1) is 17.6 Å². The van der Waals surface area contributed by atoms with Gasteiger partial charge in [-0.15, -0.1) is 0 Å². The fourth-order valence-corrected chi connectivity index (χ4v) is 2.34. The van der Waals surface area contributed by atoms with Crippen LogP contribution in [-0.4, -0.2) is 23.0 Å². The molecule has 0 heterocycles. The summed E-state index contributed by atoms with van der Waals surface area (Å²) in [6, 6.07) is 8.33. The summed E-state index contributed by atoms with van der Waals surface area (Å²) >= 11 is 0. The summed E-state index contributed by atoms with van der Waals surface area (Å²) in [5.74, 6) is -1.42. The van der Waals surface area contributed by atoms with Crippen LogP contribution in [0.4, 0.5) is 0 Å². The molecule has 2 unspecified atom stereocenters. The molecule has 0 bridgehead atoms. The molecule has 1 aliphatic rings. The van der Waals surface area contributed by atoms with E-state index in [1.807, 2.05) is 6.07 Å². The maximum Gasteiger partial charge on any atom is 0.306 e. The number of rotatable bonds is 3. The number of hydrogen-bond donors (Lipinski definition) is 2. The van der Waals surface area contributed by atoms with Gasteiger partial charge >= 0.3 is 5.97 Å². The third-order valence-electron chi connectivity index (χ3n) is 3.37. The van der Waals surface area contributed by atoms with Crippen LogP contribution in [0.1, 0.15) is 35.2 Å². The maximum atomic E-state index is 12.0. The quantitative estimate of drug-likeness (QED) is 0.860. The number of carbonyl (C=O) groups is 2. The first-order chi connectivity index (χ1) is 9.10. The van der Waals surface area contributed by atoms with Gasteiger partial charge in [-0.25, -0.2) is 0 Å². The van der Waals surface area contributed by atoms with Crippen molar-refractivity contribution in [3.05, 3.63) is 35.4 Å². The molecule has 1 saturated carbocycles. The van der Waals surface area contributed by atoms with E-state index in [1.54, 1.807) is 18.2 Å². The number of benzene rings is 1. The van der Waals surface area contributed by atoms with Crippen molar-refractivity contribution in [1.29, 1.82) is 5.26 Å². The van der Waals surface area contributed by atoms with E-state index < -0.39 is 5.97 Å². The Morgan fingerprint density at radius 2 is 2.16 bits per heavy atom. The van der Waals surface area contributed by atoms with Crippen molar-refractivity contribution >= 4 is 11.9 Å². The van der Waals surface area contributed by atoms with Crippen molar-refractivity contribution in [2.24, 2.45) is 5.92 Å². The molecule has 1 aromatic rings. The van der Waals surface area contributed by atoms with Gasteiger partial charge in [0, 0.05) is 11.6 Å². The zero-order valence-corrected chi connectivity index (χ0v) is 10.3. The standard InChI is InChI=1S/C14H14N2O3/c15-8-9-2-1-3-10(6-9)13(17)16-12-5-4-11(7-12)14(18)19/h1-3,6,11-12H,4-5,7H2,(H,16,17)(H,18,19). The monoisotopic (exact) mass is 258 g/mol. The van der Waals surface area contributed by atoms with Crippen LogP contribution in [0, 0.1) is 17.2 Å². The summed E-state index contributed by atoms with van der Waals surface area (Å²) < 4.78 is 0. The zero-order valence-electron chi connectivity index (χ0n) is 10.3. The second-order valence-electron chi connectivity index (χ2n) is 4.71. The Hall–Kier alpha value is -2.35. The summed E-state index contributed by atoms with van der Waals surface area (Å²) in [4.78, 5) is 22.8. The normalized spacial score (nSPS) is 21.6. The molecule has 1 amide bonds. The summed E-state index contributed by atoms with van der Waals surface area (Å²) in [6.45, 7) is 0. The number of nitriles is 1. The summed E-state index contributed by atoms with van der Waals surface area (Å²) in [5.41, 5.74) is 0.861. The van der Waals surface area contributed by atoms with Crippen molar-refractivity contribution < 1.29 is 14.7 Å². The topological polar surface area (TPSA) is 90.2 Å². The molecule has 1 aromatic carbocycles. The molecule has 98 valence electrons. The second kappa shape index (κ2) is 5.53. The Balaban J connectivity index is 1.98. The molecule has 5 nitrogen and oxygen atoms in total. The average Bonchev–Trinajstić information content (AvgIpc) is 2.87. The first kappa shape index (κ1) is 13.1. The highest BCUT2D eigenvalue weighted by Gasteiger charge is 2.30. The van der Waals surface area contributed by atoms with Gasteiger partial charge in [-0.3, -0.25) is 9.59 Å². The van der Waals surface area contributed by atoms with E-state index in [1.165, 1.54) is 6.07 Å². The highest BCUT2D eigenvalue weighted by molar-refractivity contribution is 5.94. The minimum atomic E-state index is -0.803. The molecule has 1 fully saturated rings. The number of nitrogens with one attached hydrogen (secondary N) is 1. The van der Waals surface area contributed by atoms with Gasteiger partial charge in [0.25, 0.3) is 5.91 Å². The fourth-order valence-electron chi connectivity index (χ4n) is 2.34. The number of carboxylic acids is 1. The molecule has 0 aromatic heterocycles. The van der Waals surface area contributed by atoms with E-state index in [2.05, 4.69) is 5.32 Å². The van der Waals surface area contributed by atoms with Crippen LogP contribution in [0.5, 0.6) is 0 Å². The summed E-state index contributed by atoms with van der Waals surface area (Å²) in [6.07, 6.45) is 1.75. The van der Waals surface area contributed by atoms with Gasteiger partial charge in [0.15, 0.2) is 0 Å². The molecular formula is C14H14N2O3. The van der Waals surface area contributed by atoms with Gasteiger partial charge in [-0.05, 0) is 37.5 Å². The Morgan fingerprint density at radius 1 is 1.37 bits per heavy atom. The summed E-state index contributed by atoms with van der Waals surface area (Å²) in [5, 5.41) is 20.5. The van der Waals surface area contributed by atoms with E-state index in [9.17, 15) is 9.59 Å². The van der Waals surface area contributed by atoms with Gasteiger partial charge in [0.2, 0.25) is 0 Å². The van der Waals surface area contributed by atoms with Crippen molar-refractivity contribution in [1.82, 2.24) is 5.32 Å². The molecule has 2 rings (SSSR count). The molecule has 2 N–H and O–H groups in total. The minimum Gasteiger partial charge on any atom is -0.481 e. The number of carbonyl (C=O) groups excluding carboxylic acids is 1. The lowest BCUT2D eigenvalue weighted by Crippen LogP contribution is -2.33. The number of carboxylic acid groups (broad SMARTS) is 1. The van der Waals surface area contributed by atoms with Gasteiger partial charge in [-0.2, -0.15) is 5.26 Å². The third-order valence-corrected chi connectivity index (χ3v) is 3.37. The molecule has 2 atom stereocenters. The summed E-state index contributed by atoms with van der Waals surface area (Å²) in [7, 11) is 0. The number of aliphatic carboxylic acids is 1. The lowest BCUT2D eigenvalue weighted by atomic mass is 10.1. The van der Waals surface area contributed by atoms with Crippen LogP contribution in [0.2, 0.25) is 0 Å². The molecular weight excluding hydrogens is 244 g/mol. The Labute approximate surface area is 110 Å². The Bertz CT molecular complexity index is 548. The van der Waals surface area contributed by atoms with Crippen LogP contribution >= 0.6 is 0 Å². The van der Waals surface area contributed by atoms with Crippen LogP contribution in [0.15, 0.2) is 24.3 Å². The van der Waals surface area contributed by atoms with Crippen molar-refractivity contribution in [3.8, 4) is 6.07 Å². The van der Waals surface area contributed by atoms with Crippen molar-refractivity contribution in [2.45, 2.75) is 25.3 Å². The third kappa shape index (κ3) is 3.10. The van der Waals surface area contributed by atoms with E-state index in [0.717, 1.165) is 0 Å². The molecule has 0 spiro atoms. The molecule has 5 heteroatoms. The first-order valence-corrected chi connectivity index (χ1v) is 6.14. The molecule has 0 radical (unpaired) electrons. The van der Waals surface area contributed by atoms with Crippen molar-refractivity contribution in [2.75, 3.05) is 0 Å². The highest BCUT2D eigenvalue weighted by Crippen LogP contribution is 2.25. The fraction of sp³-hybridized carbons (Fsp3) is 0.357. The predicted octanol–water partition coefficient (Wildman–Crippen LogP) is 1.54. The van der Waals surface area contributed by atoms with Crippen LogP contribution < -0.4 is 5.32 Å². The van der Waals surface area contributed by atoms with E-state index in [4.69, 9.17) is 10.4 Å². The smallest absolute Gasteiger partial charge is 0.306 e.